The van der Waals surface area contributed by atoms with Crippen molar-refractivity contribution in [1.29, 1.82) is 0 Å². The Hall–Kier alpha value is -3.74. The Bertz CT molecular complexity index is 1520. The predicted molar refractivity (Wildman–Crippen MR) is 148 cm³/mol. The molecule has 4 aromatic rings. The first-order valence-electron chi connectivity index (χ1n) is 12.8. The molecule has 0 aliphatic carbocycles. The van der Waals surface area contributed by atoms with Crippen LogP contribution in [0.5, 0.6) is 0 Å². The number of nitro groups is 1. The summed E-state index contributed by atoms with van der Waals surface area (Å²) in [7, 11) is 0. The SMILES string of the molecule is CC1(C)c2ccc([nH]2)C(C)(C)c2ccc([nH]2)C(C)(C)c2[nH]c(cc2/C=C/[N+](=O)[O-])C(C)(C)c2ccc1[nH]2. The third-order valence-electron chi connectivity index (χ3n) is 8.62. The molecular formula is C30H37N5O2. The van der Waals surface area contributed by atoms with Gasteiger partial charge in [0, 0.05) is 78.9 Å². The zero-order chi connectivity index (χ0) is 27.0. The highest BCUT2D eigenvalue weighted by Crippen LogP contribution is 2.42. The summed E-state index contributed by atoms with van der Waals surface area (Å²) in [6.07, 6.45) is 2.61. The van der Waals surface area contributed by atoms with E-state index in [4.69, 9.17) is 0 Å². The van der Waals surface area contributed by atoms with Crippen molar-refractivity contribution < 1.29 is 4.92 Å². The van der Waals surface area contributed by atoms with Gasteiger partial charge in [0.25, 0.3) is 0 Å². The molecule has 0 fully saturated rings. The molecule has 5 heterocycles. The zero-order valence-corrected chi connectivity index (χ0v) is 23.0. The largest absolute Gasteiger partial charge is 0.361 e. The van der Waals surface area contributed by atoms with Crippen molar-refractivity contribution in [2.45, 2.75) is 77.0 Å². The smallest absolute Gasteiger partial charge is 0.235 e. The summed E-state index contributed by atoms with van der Waals surface area (Å²) in [6, 6.07) is 15.0. The monoisotopic (exact) mass is 499 g/mol. The second-order valence-electron chi connectivity index (χ2n) is 12.5. The lowest BCUT2D eigenvalue weighted by Gasteiger charge is -2.28. The minimum Gasteiger partial charge on any atom is -0.361 e. The molecule has 0 amide bonds. The van der Waals surface area contributed by atoms with E-state index in [-0.39, 0.29) is 16.2 Å². The van der Waals surface area contributed by atoms with Crippen LogP contribution in [0.2, 0.25) is 0 Å². The van der Waals surface area contributed by atoms with E-state index in [1.165, 1.54) is 0 Å². The Kier molecular flexibility index (Phi) is 5.31. The van der Waals surface area contributed by atoms with Crippen molar-refractivity contribution in [1.82, 2.24) is 19.9 Å². The van der Waals surface area contributed by atoms with E-state index in [0.717, 1.165) is 57.3 Å². The lowest BCUT2D eigenvalue weighted by atomic mass is 9.83. The standard InChI is InChI=1S/C30H37N5O2/c1-27(2)19-9-10-20(31-19)28(3,4)22-13-14-24(33-22)30(7,8)26-18(15-16-35(36)37)17-25(34-26)29(5,6)23-12-11-21(27)32-23/h9-17,31-34H,1-8H3/b16-15+. The molecular weight excluding hydrogens is 462 g/mol. The number of hydrogen-bond donors (Lipinski definition) is 4. The lowest BCUT2D eigenvalue weighted by molar-refractivity contribution is -0.400. The fraction of sp³-hybridized carbons (Fsp3) is 0.400. The van der Waals surface area contributed by atoms with Gasteiger partial charge in [0.05, 0.1) is 4.92 Å². The molecule has 0 saturated heterocycles. The molecule has 0 radical (unpaired) electrons. The Labute approximate surface area is 218 Å². The third kappa shape index (κ3) is 3.79. The molecule has 5 rings (SSSR count). The first-order chi connectivity index (χ1) is 17.1. The summed E-state index contributed by atoms with van der Waals surface area (Å²) in [5, 5.41) is 11.2. The zero-order valence-electron chi connectivity index (χ0n) is 23.0. The normalized spacial score (nSPS) is 19.2. The van der Waals surface area contributed by atoms with Crippen molar-refractivity contribution in [3.05, 3.63) is 110 Å². The molecule has 0 spiro atoms. The van der Waals surface area contributed by atoms with E-state index in [1.807, 2.05) is 6.07 Å². The Balaban J connectivity index is 1.79. The fourth-order valence-electron chi connectivity index (χ4n) is 5.54. The van der Waals surface area contributed by atoms with Gasteiger partial charge in [-0.1, -0.05) is 0 Å². The number of rotatable bonds is 2. The molecule has 0 saturated carbocycles. The van der Waals surface area contributed by atoms with Crippen LogP contribution in [0, 0.1) is 10.1 Å². The summed E-state index contributed by atoms with van der Waals surface area (Å²) in [5.74, 6) is 0. The minimum absolute atomic E-state index is 0.261. The van der Waals surface area contributed by atoms with Gasteiger partial charge in [-0.3, -0.25) is 10.1 Å². The molecule has 0 aromatic carbocycles. The van der Waals surface area contributed by atoms with Gasteiger partial charge in [-0.15, -0.1) is 0 Å². The number of aromatic nitrogens is 4. The Morgan fingerprint density at radius 2 is 0.946 bits per heavy atom. The van der Waals surface area contributed by atoms with E-state index >= 15 is 0 Å². The van der Waals surface area contributed by atoms with Gasteiger partial charge in [-0.05, 0) is 97.9 Å². The third-order valence-corrected chi connectivity index (χ3v) is 8.62. The average molecular weight is 500 g/mol. The minimum atomic E-state index is -0.459. The van der Waals surface area contributed by atoms with Gasteiger partial charge < -0.3 is 19.9 Å². The van der Waals surface area contributed by atoms with Crippen LogP contribution in [0.3, 0.4) is 0 Å². The number of hydrogen-bond acceptors (Lipinski definition) is 2. The fourth-order valence-corrected chi connectivity index (χ4v) is 5.54. The summed E-state index contributed by atoms with van der Waals surface area (Å²) in [5.41, 5.74) is 7.97. The average Bonchev–Trinajstić information content (AvgIpc) is 3.62. The van der Waals surface area contributed by atoms with E-state index in [2.05, 4.69) is 112 Å². The van der Waals surface area contributed by atoms with Crippen molar-refractivity contribution in [3.8, 4) is 0 Å². The first kappa shape index (κ1) is 24.9. The second-order valence-corrected chi connectivity index (χ2v) is 12.5. The highest BCUT2D eigenvalue weighted by atomic mass is 16.6. The summed E-state index contributed by atoms with van der Waals surface area (Å²) in [6.45, 7) is 17.5. The lowest BCUT2D eigenvalue weighted by Crippen LogP contribution is -2.26. The molecule has 8 bridgehead atoms. The van der Waals surface area contributed by atoms with Crippen LogP contribution in [-0.4, -0.2) is 24.9 Å². The second kappa shape index (κ2) is 7.88. The molecule has 37 heavy (non-hydrogen) atoms. The van der Waals surface area contributed by atoms with E-state index in [9.17, 15) is 10.1 Å². The highest BCUT2D eigenvalue weighted by Gasteiger charge is 2.37. The quantitative estimate of drug-likeness (QED) is 0.179. The van der Waals surface area contributed by atoms with Crippen LogP contribution >= 0.6 is 0 Å². The van der Waals surface area contributed by atoms with Crippen LogP contribution in [-0.2, 0) is 21.7 Å². The first-order valence-corrected chi connectivity index (χ1v) is 12.8. The maximum Gasteiger partial charge on any atom is 0.235 e. The summed E-state index contributed by atoms with van der Waals surface area (Å²) in [4.78, 5) is 25.6. The highest BCUT2D eigenvalue weighted by molar-refractivity contribution is 5.58. The van der Waals surface area contributed by atoms with Gasteiger partial charge in [0.1, 0.15) is 0 Å². The summed E-state index contributed by atoms with van der Waals surface area (Å²) < 4.78 is 0. The number of nitrogens with one attached hydrogen (secondary N) is 4. The maximum absolute atomic E-state index is 11.2. The van der Waals surface area contributed by atoms with Crippen LogP contribution in [0.25, 0.3) is 6.08 Å². The molecule has 194 valence electrons. The van der Waals surface area contributed by atoms with Crippen molar-refractivity contribution >= 4 is 6.08 Å². The Morgan fingerprint density at radius 1 is 0.595 bits per heavy atom. The van der Waals surface area contributed by atoms with E-state index in [1.54, 1.807) is 6.08 Å². The molecule has 4 aromatic heterocycles. The van der Waals surface area contributed by atoms with Crippen molar-refractivity contribution in [2.24, 2.45) is 0 Å². The van der Waals surface area contributed by atoms with Crippen LogP contribution in [0.15, 0.2) is 48.7 Å². The van der Waals surface area contributed by atoms with Gasteiger partial charge >= 0.3 is 0 Å². The van der Waals surface area contributed by atoms with Gasteiger partial charge in [-0.2, -0.15) is 0 Å². The van der Waals surface area contributed by atoms with Gasteiger partial charge in [-0.25, -0.2) is 0 Å². The molecule has 7 heteroatoms. The van der Waals surface area contributed by atoms with Gasteiger partial charge in [0.2, 0.25) is 6.20 Å². The predicted octanol–water partition coefficient (Wildman–Crippen LogP) is 6.86. The molecule has 7 nitrogen and oxygen atoms in total. The number of fused-ring (bicyclic) bond motifs is 8. The molecule has 1 aliphatic heterocycles. The topological polar surface area (TPSA) is 106 Å². The van der Waals surface area contributed by atoms with Crippen LogP contribution in [0.1, 0.15) is 107 Å². The molecule has 0 atom stereocenters. The van der Waals surface area contributed by atoms with E-state index < -0.39 is 10.3 Å². The van der Waals surface area contributed by atoms with E-state index in [0.29, 0.717) is 0 Å². The van der Waals surface area contributed by atoms with Crippen LogP contribution < -0.4 is 0 Å². The van der Waals surface area contributed by atoms with Crippen LogP contribution in [0.4, 0.5) is 0 Å². The van der Waals surface area contributed by atoms with Gasteiger partial charge in [0.15, 0.2) is 0 Å². The number of nitrogens with zero attached hydrogens (tertiary/aromatic N) is 1. The molecule has 0 unspecified atom stereocenters. The number of H-pyrrole nitrogens is 4. The van der Waals surface area contributed by atoms with Crippen molar-refractivity contribution in [2.75, 3.05) is 0 Å². The number of aromatic amines is 4. The van der Waals surface area contributed by atoms with Crippen molar-refractivity contribution in [3.63, 3.8) is 0 Å². The Morgan fingerprint density at radius 3 is 1.32 bits per heavy atom. The summed E-state index contributed by atoms with van der Waals surface area (Å²) >= 11 is 0. The molecule has 1 aliphatic rings. The maximum atomic E-state index is 11.2. The molecule has 4 N–H and O–H groups in total.